The number of nitrogens with one attached hydrogen (secondary N) is 1. The number of nitro groups is 1. The molecule has 1 aliphatic heterocycles. The van der Waals surface area contributed by atoms with E-state index >= 15 is 0 Å². The van der Waals surface area contributed by atoms with E-state index in [1.54, 1.807) is 4.90 Å². The van der Waals surface area contributed by atoms with Crippen molar-refractivity contribution in [3.05, 3.63) is 34.4 Å². The second-order valence-electron chi connectivity index (χ2n) is 4.27. The van der Waals surface area contributed by atoms with Gasteiger partial charge in [-0.15, -0.1) is 0 Å². The van der Waals surface area contributed by atoms with Crippen molar-refractivity contribution in [3.63, 3.8) is 0 Å². The molecule has 1 aliphatic rings. The van der Waals surface area contributed by atoms with Gasteiger partial charge in [0.1, 0.15) is 6.04 Å². The first kappa shape index (κ1) is 13.6. The molecule has 0 radical (unpaired) electrons. The maximum atomic E-state index is 12.6. The van der Waals surface area contributed by atoms with Crippen molar-refractivity contribution in [1.29, 1.82) is 0 Å². The minimum Gasteiger partial charge on any atom is -0.368 e. The zero-order chi connectivity index (χ0) is 14.0. The normalized spacial score (nSPS) is 20.4. The van der Waals surface area contributed by atoms with E-state index in [-0.39, 0.29) is 18.8 Å². The Morgan fingerprint density at radius 2 is 1.95 bits per heavy atom. The minimum atomic E-state index is -4.29. The molecular formula is C11H12F3N3O2. The van der Waals surface area contributed by atoms with Crippen LogP contribution < -0.4 is 10.2 Å². The SMILES string of the molecule is O=[N+]([O-])c1ccc(N2CCNC(C(F)(F)F)C2)cc1. The van der Waals surface area contributed by atoms with Crippen LogP contribution >= 0.6 is 0 Å². The quantitative estimate of drug-likeness (QED) is 0.662. The number of non-ortho nitro benzene ring substituents is 1. The molecule has 0 spiro atoms. The number of alkyl halides is 3. The van der Waals surface area contributed by atoms with Crippen LogP contribution in [0.25, 0.3) is 0 Å². The van der Waals surface area contributed by atoms with Crippen LogP contribution in [-0.4, -0.2) is 36.8 Å². The predicted octanol–water partition coefficient (Wildman–Crippen LogP) is 1.94. The van der Waals surface area contributed by atoms with Gasteiger partial charge in [-0.1, -0.05) is 0 Å². The van der Waals surface area contributed by atoms with E-state index in [1.807, 2.05) is 0 Å². The maximum absolute atomic E-state index is 12.6. The van der Waals surface area contributed by atoms with Gasteiger partial charge in [-0.3, -0.25) is 10.1 Å². The summed E-state index contributed by atoms with van der Waals surface area (Å²) in [5, 5.41) is 12.9. The van der Waals surface area contributed by atoms with Crippen LogP contribution in [0.1, 0.15) is 0 Å². The molecule has 0 amide bonds. The number of piperazine rings is 1. The van der Waals surface area contributed by atoms with Crippen molar-refractivity contribution >= 4 is 11.4 Å². The number of hydrogen-bond acceptors (Lipinski definition) is 4. The van der Waals surface area contributed by atoms with Crippen molar-refractivity contribution < 1.29 is 18.1 Å². The zero-order valence-electron chi connectivity index (χ0n) is 9.85. The Hall–Kier alpha value is -1.83. The highest BCUT2D eigenvalue weighted by atomic mass is 19.4. The summed E-state index contributed by atoms with van der Waals surface area (Å²) >= 11 is 0. The van der Waals surface area contributed by atoms with Gasteiger partial charge in [0.2, 0.25) is 0 Å². The summed E-state index contributed by atoms with van der Waals surface area (Å²) in [4.78, 5) is 11.5. The second-order valence-corrected chi connectivity index (χ2v) is 4.27. The van der Waals surface area contributed by atoms with Crippen molar-refractivity contribution in [2.45, 2.75) is 12.2 Å². The molecule has 1 atom stereocenters. The van der Waals surface area contributed by atoms with Gasteiger partial charge in [-0.05, 0) is 12.1 Å². The molecule has 1 unspecified atom stereocenters. The van der Waals surface area contributed by atoms with Gasteiger partial charge in [-0.2, -0.15) is 13.2 Å². The maximum Gasteiger partial charge on any atom is 0.405 e. The topological polar surface area (TPSA) is 58.4 Å². The fraction of sp³-hybridized carbons (Fsp3) is 0.455. The van der Waals surface area contributed by atoms with E-state index in [4.69, 9.17) is 0 Å². The second kappa shape index (κ2) is 5.04. The summed E-state index contributed by atoms with van der Waals surface area (Å²) in [6.07, 6.45) is -4.29. The monoisotopic (exact) mass is 275 g/mol. The third-order valence-electron chi connectivity index (χ3n) is 3.00. The fourth-order valence-corrected chi connectivity index (χ4v) is 1.99. The van der Waals surface area contributed by atoms with Gasteiger partial charge < -0.3 is 10.2 Å². The Labute approximate surface area is 107 Å². The molecule has 8 heteroatoms. The first-order valence-electron chi connectivity index (χ1n) is 5.67. The molecule has 1 heterocycles. The Balaban J connectivity index is 2.11. The highest BCUT2D eigenvalue weighted by Gasteiger charge is 2.41. The summed E-state index contributed by atoms with van der Waals surface area (Å²) in [5.41, 5.74) is 0.479. The van der Waals surface area contributed by atoms with Crippen LogP contribution in [0.15, 0.2) is 24.3 Å². The smallest absolute Gasteiger partial charge is 0.368 e. The molecule has 1 aromatic carbocycles. The molecule has 0 bridgehead atoms. The zero-order valence-corrected chi connectivity index (χ0v) is 9.85. The molecule has 0 saturated carbocycles. The number of nitrogens with zero attached hydrogens (tertiary/aromatic N) is 2. The van der Waals surface area contributed by atoms with E-state index in [0.29, 0.717) is 12.2 Å². The Kier molecular flexibility index (Phi) is 3.61. The molecule has 1 fully saturated rings. The summed E-state index contributed by atoms with van der Waals surface area (Å²) in [7, 11) is 0. The van der Waals surface area contributed by atoms with Crippen LogP contribution in [0.5, 0.6) is 0 Å². The molecule has 5 nitrogen and oxygen atoms in total. The lowest BCUT2D eigenvalue weighted by molar-refractivity contribution is -0.384. The molecule has 0 aromatic heterocycles. The number of benzene rings is 1. The lowest BCUT2D eigenvalue weighted by Crippen LogP contribution is -2.57. The first-order valence-corrected chi connectivity index (χ1v) is 5.67. The highest BCUT2D eigenvalue weighted by Crippen LogP contribution is 2.26. The predicted molar refractivity (Wildman–Crippen MR) is 63.2 cm³/mol. The summed E-state index contributed by atoms with van der Waals surface area (Å²) in [6.45, 7) is 0.465. The molecule has 1 saturated heterocycles. The molecular weight excluding hydrogens is 263 g/mol. The molecule has 0 aliphatic carbocycles. The van der Waals surface area contributed by atoms with Crippen LogP contribution in [0.2, 0.25) is 0 Å². The first-order chi connectivity index (χ1) is 8.88. The van der Waals surface area contributed by atoms with E-state index < -0.39 is 17.1 Å². The van der Waals surface area contributed by atoms with E-state index in [9.17, 15) is 23.3 Å². The van der Waals surface area contributed by atoms with Crippen LogP contribution in [0.3, 0.4) is 0 Å². The standard InChI is InChI=1S/C11H12F3N3O2/c12-11(13,14)10-7-16(6-5-15-10)8-1-3-9(4-2-8)17(18)19/h1-4,10,15H,5-7H2. The highest BCUT2D eigenvalue weighted by molar-refractivity contribution is 5.51. The van der Waals surface area contributed by atoms with Gasteiger partial charge >= 0.3 is 6.18 Å². The van der Waals surface area contributed by atoms with E-state index in [1.165, 1.54) is 24.3 Å². The Morgan fingerprint density at radius 3 is 2.47 bits per heavy atom. The van der Waals surface area contributed by atoms with Gasteiger partial charge in [0.05, 0.1) is 4.92 Å². The van der Waals surface area contributed by atoms with Crippen LogP contribution in [0, 0.1) is 10.1 Å². The number of rotatable bonds is 2. The van der Waals surface area contributed by atoms with Crippen molar-refractivity contribution in [3.8, 4) is 0 Å². The molecule has 104 valence electrons. The number of anilines is 1. The van der Waals surface area contributed by atoms with Crippen molar-refractivity contribution in [2.75, 3.05) is 24.5 Å². The molecule has 19 heavy (non-hydrogen) atoms. The van der Waals surface area contributed by atoms with Crippen LogP contribution in [-0.2, 0) is 0 Å². The lowest BCUT2D eigenvalue weighted by atomic mass is 10.1. The Bertz CT molecular complexity index is 461. The lowest BCUT2D eigenvalue weighted by Gasteiger charge is -2.36. The largest absolute Gasteiger partial charge is 0.405 e. The molecule has 2 rings (SSSR count). The Morgan fingerprint density at radius 1 is 1.32 bits per heavy atom. The number of halogens is 3. The number of hydrogen-bond donors (Lipinski definition) is 1. The minimum absolute atomic E-state index is 0.0775. The van der Waals surface area contributed by atoms with Gasteiger partial charge in [-0.25, -0.2) is 0 Å². The van der Waals surface area contributed by atoms with Crippen LogP contribution in [0.4, 0.5) is 24.5 Å². The van der Waals surface area contributed by atoms with Gasteiger partial charge in [0.15, 0.2) is 0 Å². The number of nitro benzene ring substituents is 1. The summed E-state index contributed by atoms with van der Waals surface area (Å²) in [6, 6.07) is 3.95. The summed E-state index contributed by atoms with van der Waals surface area (Å²) < 4.78 is 37.9. The van der Waals surface area contributed by atoms with E-state index in [0.717, 1.165) is 0 Å². The fourth-order valence-electron chi connectivity index (χ4n) is 1.99. The van der Waals surface area contributed by atoms with Gasteiger partial charge in [0, 0.05) is 37.5 Å². The average molecular weight is 275 g/mol. The van der Waals surface area contributed by atoms with Crippen molar-refractivity contribution in [2.24, 2.45) is 0 Å². The van der Waals surface area contributed by atoms with Crippen molar-refractivity contribution in [1.82, 2.24) is 5.32 Å². The van der Waals surface area contributed by atoms with Gasteiger partial charge in [0.25, 0.3) is 5.69 Å². The molecule has 1 aromatic rings. The third-order valence-corrected chi connectivity index (χ3v) is 3.00. The molecule has 1 N–H and O–H groups in total. The summed E-state index contributed by atoms with van der Waals surface area (Å²) in [5.74, 6) is 0. The average Bonchev–Trinajstić information content (AvgIpc) is 2.38. The third kappa shape index (κ3) is 3.14. The van der Waals surface area contributed by atoms with E-state index in [2.05, 4.69) is 5.32 Å².